The number of hydrogen-bond acceptors (Lipinski definition) is 4. The van der Waals surface area contributed by atoms with Gasteiger partial charge in [-0.3, -0.25) is 9.59 Å². The number of rotatable bonds is 10. The Kier molecular flexibility index (Phi) is 11.3. The molecule has 3 unspecified atom stereocenters. The van der Waals surface area contributed by atoms with Crippen LogP contribution in [-0.4, -0.2) is 46.5 Å². The first-order chi connectivity index (χ1) is 16.0. The number of amides is 3. The largest absolute Gasteiger partial charge is 0.444 e. The van der Waals surface area contributed by atoms with Crippen molar-refractivity contribution in [1.82, 2.24) is 15.5 Å². The van der Waals surface area contributed by atoms with Crippen LogP contribution in [0.1, 0.15) is 97.9 Å². The minimum absolute atomic E-state index is 0.0884. The predicted molar refractivity (Wildman–Crippen MR) is 141 cm³/mol. The second kappa shape index (κ2) is 12.9. The van der Waals surface area contributed by atoms with Crippen molar-refractivity contribution in [2.45, 2.75) is 119 Å². The van der Waals surface area contributed by atoms with E-state index in [1.54, 1.807) is 32.6 Å². The maximum atomic E-state index is 13.9. The van der Waals surface area contributed by atoms with Gasteiger partial charge in [-0.1, -0.05) is 32.0 Å². The van der Waals surface area contributed by atoms with Gasteiger partial charge in [0.05, 0.1) is 0 Å². The molecular weight excluding hydrogens is 442 g/mol. The van der Waals surface area contributed by atoms with Crippen LogP contribution in [0, 0.1) is 19.8 Å². The van der Waals surface area contributed by atoms with Crippen molar-refractivity contribution in [2.75, 3.05) is 0 Å². The Bertz CT molecular complexity index is 853. The highest BCUT2D eigenvalue weighted by Gasteiger charge is 2.38. The van der Waals surface area contributed by atoms with E-state index in [0.29, 0.717) is 5.92 Å². The normalized spacial score (nSPS) is 14.3. The van der Waals surface area contributed by atoms with Crippen LogP contribution in [0.15, 0.2) is 18.2 Å². The Labute approximate surface area is 212 Å². The highest BCUT2D eigenvalue weighted by molar-refractivity contribution is 5.92. The second-order valence-electron chi connectivity index (χ2n) is 11.3. The zero-order valence-corrected chi connectivity index (χ0v) is 23.6. The Morgan fingerprint density at radius 3 is 1.91 bits per heavy atom. The van der Waals surface area contributed by atoms with Crippen LogP contribution >= 0.6 is 0 Å². The average molecular weight is 490 g/mol. The van der Waals surface area contributed by atoms with Crippen molar-refractivity contribution in [1.29, 1.82) is 0 Å². The number of ether oxygens (including phenoxy) is 1. The van der Waals surface area contributed by atoms with Crippen LogP contribution in [0.25, 0.3) is 0 Å². The number of carbonyl (C=O) groups excluding carboxylic acids is 3. The minimum Gasteiger partial charge on any atom is -0.444 e. The van der Waals surface area contributed by atoms with E-state index in [1.807, 2.05) is 52.8 Å². The molecule has 0 fully saturated rings. The molecule has 35 heavy (non-hydrogen) atoms. The average Bonchev–Trinajstić information content (AvgIpc) is 2.68. The van der Waals surface area contributed by atoms with Gasteiger partial charge in [-0.25, -0.2) is 4.79 Å². The fourth-order valence-electron chi connectivity index (χ4n) is 4.10. The lowest BCUT2D eigenvalue weighted by Gasteiger charge is -2.39. The molecule has 0 heterocycles. The molecule has 0 bridgehead atoms. The lowest BCUT2D eigenvalue weighted by Crippen LogP contribution is -2.55. The first-order valence-corrected chi connectivity index (χ1v) is 12.7. The van der Waals surface area contributed by atoms with E-state index in [-0.39, 0.29) is 23.9 Å². The molecule has 1 aromatic rings. The van der Waals surface area contributed by atoms with Crippen molar-refractivity contribution < 1.29 is 19.1 Å². The van der Waals surface area contributed by atoms with Gasteiger partial charge in [0.25, 0.3) is 0 Å². The van der Waals surface area contributed by atoms with E-state index in [2.05, 4.69) is 24.5 Å². The summed E-state index contributed by atoms with van der Waals surface area (Å²) in [4.78, 5) is 41.7. The highest BCUT2D eigenvalue weighted by atomic mass is 16.6. The second-order valence-corrected chi connectivity index (χ2v) is 11.3. The molecule has 0 aliphatic heterocycles. The lowest BCUT2D eigenvalue weighted by atomic mass is 9.91. The van der Waals surface area contributed by atoms with Gasteiger partial charge in [0.15, 0.2) is 0 Å². The van der Waals surface area contributed by atoms with E-state index in [0.717, 1.165) is 29.5 Å². The molecule has 7 heteroatoms. The van der Waals surface area contributed by atoms with Gasteiger partial charge in [0.2, 0.25) is 11.8 Å². The Hall–Kier alpha value is -2.57. The van der Waals surface area contributed by atoms with Crippen LogP contribution in [0.3, 0.4) is 0 Å². The summed E-state index contributed by atoms with van der Waals surface area (Å²) in [6.07, 6.45) is 0.978. The number of hydrogen-bond donors (Lipinski definition) is 2. The fraction of sp³-hybridized carbons (Fsp3) is 0.679. The Morgan fingerprint density at radius 1 is 0.914 bits per heavy atom. The van der Waals surface area contributed by atoms with Gasteiger partial charge in [-0.2, -0.15) is 0 Å². The molecule has 3 amide bonds. The van der Waals surface area contributed by atoms with Gasteiger partial charge >= 0.3 is 6.09 Å². The molecule has 0 saturated heterocycles. The predicted octanol–water partition coefficient (Wildman–Crippen LogP) is 5.44. The molecule has 1 rings (SSSR count). The molecule has 198 valence electrons. The zero-order valence-electron chi connectivity index (χ0n) is 23.6. The van der Waals surface area contributed by atoms with Crippen molar-refractivity contribution in [2.24, 2.45) is 5.92 Å². The third-order valence-electron chi connectivity index (χ3n) is 5.77. The van der Waals surface area contributed by atoms with Crippen LogP contribution in [0.4, 0.5) is 4.79 Å². The monoisotopic (exact) mass is 489 g/mol. The first-order valence-electron chi connectivity index (χ1n) is 12.7. The highest BCUT2D eigenvalue weighted by Crippen LogP contribution is 2.31. The summed E-state index contributed by atoms with van der Waals surface area (Å²) in [5.74, 6) is -0.0971. The number of aryl methyl sites for hydroxylation is 2. The SMILES string of the molecule is Cc1cccc(C)c1C(C(=O)NC(C)C)N(C(=O)C(C)NC(=O)OC(C)(C)C)C(C)CCC(C)C. The maximum absolute atomic E-state index is 13.9. The Morgan fingerprint density at radius 2 is 1.46 bits per heavy atom. The van der Waals surface area contributed by atoms with E-state index >= 15 is 0 Å². The van der Waals surface area contributed by atoms with Gasteiger partial charge in [-0.15, -0.1) is 0 Å². The van der Waals surface area contributed by atoms with Gasteiger partial charge in [0.1, 0.15) is 17.7 Å². The standard InChI is InChI=1S/C28H47N3O4/c1-17(2)15-16-21(7)31(26(33)22(8)30-27(34)35-28(9,10)11)24(25(32)29-18(3)4)23-19(5)13-12-14-20(23)6/h12-14,17-18,21-22,24H,15-16H2,1-11H3,(H,29,32)(H,30,34). The third-order valence-corrected chi connectivity index (χ3v) is 5.77. The summed E-state index contributed by atoms with van der Waals surface area (Å²) in [6, 6.07) is 3.86. The summed E-state index contributed by atoms with van der Waals surface area (Å²) in [6.45, 7) is 20.9. The lowest BCUT2D eigenvalue weighted by molar-refractivity contribution is -0.145. The quantitative estimate of drug-likeness (QED) is 0.458. The van der Waals surface area contributed by atoms with Crippen molar-refractivity contribution >= 4 is 17.9 Å². The zero-order chi connectivity index (χ0) is 27.1. The van der Waals surface area contributed by atoms with Crippen molar-refractivity contribution in [3.8, 4) is 0 Å². The van der Waals surface area contributed by atoms with Crippen LogP contribution < -0.4 is 10.6 Å². The summed E-state index contributed by atoms with van der Waals surface area (Å²) in [7, 11) is 0. The minimum atomic E-state index is -0.870. The molecule has 0 spiro atoms. The molecule has 0 saturated carbocycles. The van der Waals surface area contributed by atoms with Gasteiger partial charge in [-0.05, 0) is 97.8 Å². The van der Waals surface area contributed by atoms with Crippen molar-refractivity contribution in [3.63, 3.8) is 0 Å². The summed E-state index contributed by atoms with van der Waals surface area (Å²) in [5.41, 5.74) is 2.01. The van der Waals surface area contributed by atoms with E-state index < -0.39 is 23.8 Å². The molecule has 7 nitrogen and oxygen atoms in total. The third kappa shape index (κ3) is 9.54. The summed E-state index contributed by atoms with van der Waals surface area (Å²) in [5, 5.41) is 5.68. The molecule has 3 atom stereocenters. The number of nitrogens with one attached hydrogen (secondary N) is 2. The number of benzene rings is 1. The van der Waals surface area contributed by atoms with E-state index in [1.165, 1.54) is 0 Å². The number of carbonyl (C=O) groups is 3. The molecule has 0 aromatic heterocycles. The van der Waals surface area contributed by atoms with E-state index in [9.17, 15) is 14.4 Å². The first kappa shape index (κ1) is 30.5. The van der Waals surface area contributed by atoms with Crippen molar-refractivity contribution in [3.05, 3.63) is 34.9 Å². The fourth-order valence-corrected chi connectivity index (χ4v) is 4.10. The maximum Gasteiger partial charge on any atom is 0.408 e. The molecule has 2 N–H and O–H groups in total. The summed E-state index contributed by atoms with van der Waals surface area (Å²) >= 11 is 0. The number of alkyl carbamates (subject to hydrolysis) is 1. The molecular formula is C28H47N3O4. The van der Waals surface area contributed by atoms with Crippen LogP contribution in [-0.2, 0) is 14.3 Å². The molecule has 1 aromatic carbocycles. The summed E-state index contributed by atoms with van der Waals surface area (Å²) < 4.78 is 5.36. The smallest absolute Gasteiger partial charge is 0.408 e. The number of nitrogens with zero attached hydrogens (tertiary/aromatic N) is 1. The van der Waals surface area contributed by atoms with Crippen LogP contribution in [0.5, 0.6) is 0 Å². The van der Waals surface area contributed by atoms with Gasteiger partial charge in [0, 0.05) is 12.1 Å². The molecule has 0 radical (unpaired) electrons. The van der Waals surface area contributed by atoms with Crippen LogP contribution in [0.2, 0.25) is 0 Å². The topological polar surface area (TPSA) is 87.7 Å². The van der Waals surface area contributed by atoms with Gasteiger partial charge < -0.3 is 20.3 Å². The van der Waals surface area contributed by atoms with E-state index in [4.69, 9.17) is 4.74 Å². The molecule has 0 aliphatic carbocycles. The molecule has 0 aliphatic rings. The Balaban J connectivity index is 3.54.